The molecule has 0 aromatic heterocycles. The molecule has 1 amide bonds. The lowest BCUT2D eigenvalue weighted by atomic mass is 10.2. The van der Waals surface area contributed by atoms with Crippen molar-refractivity contribution >= 4 is 17.8 Å². The zero-order valence-electron chi connectivity index (χ0n) is 10.6. The van der Waals surface area contributed by atoms with Crippen LogP contribution in [-0.2, 0) is 0 Å². The van der Waals surface area contributed by atoms with E-state index in [1.54, 1.807) is 48.5 Å². The molecule has 0 fully saturated rings. The molecule has 0 bridgehead atoms. The molecular weight excluding hydrogens is 252 g/mol. The highest BCUT2D eigenvalue weighted by molar-refractivity contribution is 5.95. The number of nitriles is 1. The Bertz CT molecular complexity index is 667. The summed E-state index contributed by atoms with van der Waals surface area (Å²) in [5.74, 6) is -0.310. The van der Waals surface area contributed by atoms with Gasteiger partial charge in [-0.15, -0.1) is 0 Å². The van der Waals surface area contributed by atoms with Crippen molar-refractivity contribution in [2.45, 2.75) is 0 Å². The normalized spacial score (nSPS) is 10.2. The number of anilines is 1. The van der Waals surface area contributed by atoms with Crippen molar-refractivity contribution in [1.82, 2.24) is 5.43 Å². The average Bonchev–Trinajstić information content (AvgIpc) is 2.48. The molecule has 0 heterocycles. The summed E-state index contributed by atoms with van der Waals surface area (Å²) in [5, 5.41) is 12.5. The van der Waals surface area contributed by atoms with Crippen LogP contribution in [0.2, 0.25) is 0 Å². The molecule has 0 aliphatic carbocycles. The number of hydrazone groups is 1. The molecule has 20 heavy (non-hydrogen) atoms. The van der Waals surface area contributed by atoms with E-state index in [4.69, 9.17) is 11.0 Å². The van der Waals surface area contributed by atoms with Crippen LogP contribution >= 0.6 is 0 Å². The number of nitrogens with zero attached hydrogens (tertiary/aromatic N) is 2. The minimum absolute atomic E-state index is 0.310. The third kappa shape index (κ3) is 3.43. The molecule has 0 unspecified atom stereocenters. The van der Waals surface area contributed by atoms with Gasteiger partial charge in [0, 0.05) is 11.3 Å². The monoisotopic (exact) mass is 264 g/mol. The number of nitrogens with one attached hydrogen (secondary N) is 1. The number of nitrogen functional groups attached to an aromatic ring is 1. The van der Waals surface area contributed by atoms with Gasteiger partial charge in [0.2, 0.25) is 0 Å². The second kappa shape index (κ2) is 6.16. The van der Waals surface area contributed by atoms with Gasteiger partial charge in [0.25, 0.3) is 5.91 Å². The number of rotatable bonds is 3. The van der Waals surface area contributed by atoms with Crippen molar-refractivity contribution in [1.29, 1.82) is 5.26 Å². The predicted molar refractivity (Wildman–Crippen MR) is 77.1 cm³/mol. The summed E-state index contributed by atoms with van der Waals surface area (Å²) < 4.78 is 0. The first-order valence-corrected chi connectivity index (χ1v) is 5.88. The van der Waals surface area contributed by atoms with Crippen LogP contribution in [0.1, 0.15) is 21.5 Å². The number of nitrogens with two attached hydrogens (primary N) is 1. The standard InChI is InChI=1S/C15H12N4O/c16-9-11-1-3-12(4-2-11)10-18-19-15(20)13-5-7-14(17)8-6-13/h1-8,10H,17H2,(H,19,20)/b18-10-. The first kappa shape index (κ1) is 13.3. The maximum Gasteiger partial charge on any atom is 0.271 e. The van der Waals surface area contributed by atoms with Gasteiger partial charge in [-0.25, -0.2) is 5.43 Å². The summed E-state index contributed by atoms with van der Waals surface area (Å²) in [7, 11) is 0. The lowest BCUT2D eigenvalue weighted by molar-refractivity contribution is 0.0955. The van der Waals surface area contributed by atoms with Gasteiger partial charge in [0.1, 0.15) is 0 Å². The Hall–Kier alpha value is -3.13. The van der Waals surface area contributed by atoms with E-state index in [1.165, 1.54) is 6.21 Å². The smallest absolute Gasteiger partial charge is 0.271 e. The molecule has 0 spiro atoms. The van der Waals surface area contributed by atoms with Gasteiger partial charge >= 0.3 is 0 Å². The van der Waals surface area contributed by atoms with E-state index in [0.717, 1.165) is 5.56 Å². The highest BCUT2D eigenvalue weighted by Gasteiger charge is 2.02. The van der Waals surface area contributed by atoms with Crippen LogP contribution in [-0.4, -0.2) is 12.1 Å². The Labute approximate surface area is 116 Å². The van der Waals surface area contributed by atoms with Crippen LogP contribution in [0.3, 0.4) is 0 Å². The molecule has 0 saturated carbocycles. The van der Waals surface area contributed by atoms with E-state index in [0.29, 0.717) is 16.8 Å². The van der Waals surface area contributed by atoms with Gasteiger partial charge in [0.05, 0.1) is 17.8 Å². The van der Waals surface area contributed by atoms with E-state index in [9.17, 15) is 4.79 Å². The zero-order valence-corrected chi connectivity index (χ0v) is 10.6. The molecule has 0 saturated heterocycles. The fourth-order valence-electron chi connectivity index (χ4n) is 1.51. The lowest BCUT2D eigenvalue weighted by Gasteiger charge is -2.00. The van der Waals surface area contributed by atoms with E-state index in [2.05, 4.69) is 10.5 Å². The lowest BCUT2D eigenvalue weighted by Crippen LogP contribution is -2.17. The maximum atomic E-state index is 11.7. The summed E-state index contributed by atoms with van der Waals surface area (Å²) in [5.41, 5.74) is 10.4. The summed E-state index contributed by atoms with van der Waals surface area (Å²) in [4.78, 5) is 11.7. The second-order valence-electron chi connectivity index (χ2n) is 4.05. The first-order valence-electron chi connectivity index (χ1n) is 5.88. The molecule has 98 valence electrons. The van der Waals surface area contributed by atoms with Crippen molar-refractivity contribution in [3.8, 4) is 6.07 Å². The average molecular weight is 264 g/mol. The third-order valence-electron chi connectivity index (χ3n) is 2.59. The van der Waals surface area contributed by atoms with Crippen molar-refractivity contribution < 1.29 is 4.79 Å². The van der Waals surface area contributed by atoms with Crippen LogP contribution < -0.4 is 11.2 Å². The van der Waals surface area contributed by atoms with Crippen molar-refractivity contribution in [3.63, 3.8) is 0 Å². The number of carbonyl (C=O) groups is 1. The van der Waals surface area contributed by atoms with Crippen LogP contribution in [0.15, 0.2) is 53.6 Å². The Morgan fingerprint density at radius 3 is 2.40 bits per heavy atom. The molecular formula is C15H12N4O. The van der Waals surface area contributed by atoms with Gasteiger partial charge in [-0.05, 0) is 42.0 Å². The Balaban J connectivity index is 1.97. The molecule has 0 aliphatic heterocycles. The topological polar surface area (TPSA) is 91.3 Å². The second-order valence-corrected chi connectivity index (χ2v) is 4.05. The number of benzene rings is 2. The Kier molecular flexibility index (Phi) is 4.10. The molecule has 2 rings (SSSR count). The highest BCUT2D eigenvalue weighted by atomic mass is 16.2. The van der Waals surface area contributed by atoms with E-state index in [1.807, 2.05) is 6.07 Å². The molecule has 0 aliphatic rings. The number of carbonyl (C=O) groups excluding carboxylic acids is 1. The third-order valence-corrected chi connectivity index (χ3v) is 2.59. The minimum Gasteiger partial charge on any atom is -0.399 e. The van der Waals surface area contributed by atoms with E-state index >= 15 is 0 Å². The minimum atomic E-state index is -0.310. The summed E-state index contributed by atoms with van der Waals surface area (Å²) in [6.07, 6.45) is 1.51. The molecule has 0 radical (unpaired) electrons. The van der Waals surface area contributed by atoms with Crippen molar-refractivity contribution in [2.24, 2.45) is 5.10 Å². The van der Waals surface area contributed by atoms with Gasteiger partial charge in [0.15, 0.2) is 0 Å². The number of hydrogen-bond acceptors (Lipinski definition) is 4. The largest absolute Gasteiger partial charge is 0.399 e. The van der Waals surface area contributed by atoms with Crippen LogP contribution in [0, 0.1) is 11.3 Å². The van der Waals surface area contributed by atoms with Crippen LogP contribution in [0.4, 0.5) is 5.69 Å². The molecule has 5 heteroatoms. The summed E-state index contributed by atoms with van der Waals surface area (Å²) >= 11 is 0. The van der Waals surface area contributed by atoms with Gasteiger partial charge in [-0.1, -0.05) is 12.1 Å². The SMILES string of the molecule is N#Cc1ccc(/C=N\NC(=O)c2ccc(N)cc2)cc1. The molecule has 0 atom stereocenters. The molecule has 2 aromatic rings. The van der Waals surface area contributed by atoms with Gasteiger partial charge in [-0.2, -0.15) is 10.4 Å². The highest BCUT2D eigenvalue weighted by Crippen LogP contribution is 2.05. The van der Waals surface area contributed by atoms with Crippen LogP contribution in [0.25, 0.3) is 0 Å². The Morgan fingerprint density at radius 2 is 1.80 bits per heavy atom. The maximum absolute atomic E-state index is 11.7. The van der Waals surface area contributed by atoms with Gasteiger partial charge in [-0.3, -0.25) is 4.79 Å². The van der Waals surface area contributed by atoms with Gasteiger partial charge < -0.3 is 5.73 Å². The fourth-order valence-corrected chi connectivity index (χ4v) is 1.51. The van der Waals surface area contributed by atoms with Crippen molar-refractivity contribution in [2.75, 3.05) is 5.73 Å². The Morgan fingerprint density at radius 1 is 1.15 bits per heavy atom. The zero-order chi connectivity index (χ0) is 14.4. The number of amides is 1. The molecule has 3 N–H and O–H groups in total. The predicted octanol–water partition coefficient (Wildman–Crippen LogP) is 1.90. The van der Waals surface area contributed by atoms with E-state index in [-0.39, 0.29) is 5.91 Å². The molecule has 2 aromatic carbocycles. The molecule has 5 nitrogen and oxygen atoms in total. The summed E-state index contributed by atoms with van der Waals surface area (Å²) in [6, 6.07) is 15.5. The quantitative estimate of drug-likeness (QED) is 0.504. The number of hydrogen-bond donors (Lipinski definition) is 2. The first-order chi connectivity index (χ1) is 9.69. The summed E-state index contributed by atoms with van der Waals surface area (Å²) in [6.45, 7) is 0. The van der Waals surface area contributed by atoms with Crippen LogP contribution in [0.5, 0.6) is 0 Å². The fraction of sp³-hybridized carbons (Fsp3) is 0. The van der Waals surface area contributed by atoms with E-state index < -0.39 is 0 Å². The van der Waals surface area contributed by atoms with Crippen molar-refractivity contribution in [3.05, 3.63) is 65.2 Å².